The second kappa shape index (κ2) is 72.1. The number of carbonyl (C=O) groups is 4. The van der Waals surface area contributed by atoms with Crippen LogP contribution >= 0.6 is 15.6 Å². The Kier molecular flexibility index (Phi) is 69.7. The lowest BCUT2D eigenvalue weighted by molar-refractivity contribution is -0.161. The fourth-order valence-electron chi connectivity index (χ4n) is 10.9. The molecule has 0 saturated heterocycles. The number of allylic oxidation sites excluding steroid dienone is 10. The number of carbonyl (C=O) groups excluding carboxylic acids is 4. The Balaban J connectivity index is 5.35. The smallest absolute Gasteiger partial charge is 0.462 e. The van der Waals surface area contributed by atoms with Gasteiger partial charge < -0.3 is 33.8 Å². The molecule has 0 rings (SSSR count). The minimum atomic E-state index is -4.97. The van der Waals surface area contributed by atoms with E-state index in [9.17, 15) is 43.2 Å². The average molecular weight is 1430 g/mol. The Morgan fingerprint density at radius 3 is 0.776 bits per heavy atom. The van der Waals surface area contributed by atoms with Gasteiger partial charge in [-0.3, -0.25) is 37.3 Å². The summed E-state index contributed by atoms with van der Waals surface area (Å²) in [5, 5.41) is 10.6. The van der Waals surface area contributed by atoms with Crippen LogP contribution in [0.3, 0.4) is 0 Å². The molecule has 0 aliphatic carbocycles. The van der Waals surface area contributed by atoms with Gasteiger partial charge in [-0.25, -0.2) is 9.13 Å². The SMILES string of the molecule is CCCCCC/C=C\C=C/CCCCCCCC(=O)OC[C@H](COP(=O)(O)OC[C@H](O)COP(=O)(O)OC[C@@H](COC(=O)CCCCCCC/C=C\C=C/CCCCCC)OC(=O)CCCCCCCCCCCCCCC)OC(=O)CCCCCCC/C=C\CCCCCCCC. The molecule has 3 N–H and O–H groups in total. The van der Waals surface area contributed by atoms with E-state index in [1.54, 1.807) is 0 Å². The van der Waals surface area contributed by atoms with E-state index in [0.717, 1.165) is 141 Å². The number of phosphoric acid groups is 2. The molecular weight excluding hydrogens is 1280 g/mol. The van der Waals surface area contributed by atoms with Gasteiger partial charge in [0.25, 0.3) is 0 Å². The zero-order chi connectivity index (χ0) is 71.8. The van der Waals surface area contributed by atoms with Crippen molar-refractivity contribution in [2.45, 2.75) is 380 Å². The van der Waals surface area contributed by atoms with Crippen molar-refractivity contribution in [3.63, 3.8) is 0 Å². The molecule has 0 aromatic carbocycles. The molecule has 0 aliphatic rings. The van der Waals surface area contributed by atoms with E-state index in [4.69, 9.17) is 37.0 Å². The van der Waals surface area contributed by atoms with Crippen molar-refractivity contribution in [1.82, 2.24) is 0 Å². The summed E-state index contributed by atoms with van der Waals surface area (Å²) in [4.78, 5) is 72.9. The van der Waals surface area contributed by atoms with Crippen molar-refractivity contribution in [3.05, 3.63) is 60.8 Å². The largest absolute Gasteiger partial charge is 0.472 e. The van der Waals surface area contributed by atoms with Crippen LogP contribution < -0.4 is 0 Å². The molecule has 98 heavy (non-hydrogen) atoms. The zero-order valence-electron chi connectivity index (χ0n) is 62.5. The predicted octanol–water partition coefficient (Wildman–Crippen LogP) is 22.7. The number of unbranched alkanes of at least 4 members (excludes halogenated alkanes) is 41. The molecule has 0 fully saturated rings. The molecule has 0 bridgehead atoms. The first-order valence-electron chi connectivity index (χ1n) is 39.6. The molecule has 0 radical (unpaired) electrons. The third-order valence-corrected chi connectivity index (χ3v) is 18.9. The van der Waals surface area contributed by atoms with Crippen LogP contribution in [0.4, 0.5) is 0 Å². The van der Waals surface area contributed by atoms with Crippen LogP contribution in [0, 0.1) is 0 Å². The number of ether oxygens (including phenoxy) is 4. The first kappa shape index (κ1) is 94.8. The summed E-state index contributed by atoms with van der Waals surface area (Å²) in [5.74, 6) is -2.19. The van der Waals surface area contributed by atoms with E-state index in [-0.39, 0.29) is 25.7 Å². The first-order chi connectivity index (χ1) is 47.7. The number of aliphatic hydroxyl groups is 1. The second-order valence-corrected chi connectivity index (χ2v) is 29.6. The molecule has 0 aromatic rings. The molecular formula is C79H144O17P2. The summed E-state index contributed by atoms with van der Waals surface area (Å²) in [5.41, 5.74) is 0. The molecule has 5 atom stereocenters. The van der Waals surface area contributed by atoms with E-state index < -0.39 is 97.5 Å². The number of esters is 4. The van der Waals surface area contributed by atoms with Gasteiger partial charge in [-0.1, -0.05) is 294 Å². The van der Waals surface area contributed by atoms with E-state index in [1.165, 1.54) is 141 Å². The van der Waals surface area contributed by atoms with Crippen molar-refractivity contribution in [3.8, 4) is 0 Å². The van der Waals surface area contributed by atoms with Crippen molar-refractivity contribution in [2.75, 3.05) is 39.6 Å². The van der Waals surface area contributed by atoms with Gasteiger partial charge in [-0.2, -0.15) is 0 Å². The third kappa shape index (κ3) is 71.2. The van der Waals surface area contributed by atoms with Gasteiger partial charge in [-0.05, 0) is 103 Å². The van der Waals surface area contributed by atoms with Crippen molar-refractivity contribution in [2.24, 2.45) is 0 Å². The van der Waals surface area contributed by atoms with E-state index >= 15 is 0 Å². The Hall–Kier alpha value is -3.24. The first-order valence-corrected chi connectivity index (χ1v) is 42.6. The van der Waals surface area contributed by atoms with Crippen LogP contribution in [0.2, 0.25) is 0 Å². The quantitative estimate of drug-likeness (QED) is 0.0128. The maximum absolute atomic E-state index is 13.1. The lowest BCUT2D eigenvalue weighted by atomic mass is 10.0. The van der Waals surface area contributed by atoms with Gasteiger partial charge in [0.2, 0.25) is 0 Å². The monoisotopic (exact) mass is 1430 g/mol. The maximum atomic E-state index is 13.1. The molecule has 0 saturated carbocycles. The van der Waals surface area contributed by atoms with Crippen molar-refractivity contribution >= 4 is 39.5 Å². The topological polar surface area (TPSA) is 237 Å². The predicted molar refractivity (Wildman–Crippen MR) is 400 cm³/mol. The summed E-state index contributed by atoms with van der Waals surface area (Å²) in [6.07, 6.45) is 70.5. The summed E-state index contributed by atoms with van der Waals surface area (Å²) in [6, 6.07) is 0. The average Bonchev–Trinajstić information content (AvgIpc) is 1.04. The van der Waals surface area contributed by atoms with E-state index in [2.05, 4.69) is 88.5 Å². The van der Waals surface area contributed by atoms with E-state index in [1.807, 2.05) is 0 Å². The molecule has 0 heterocycles. The maximum Gasteiger partial charge on any atom is 0.472 e. The molecule has 2 unspecified atom stereocenters. The molecule has 19 heteroatoms. The fraction of sp³-hybridized carbons (Fsp3) is 0.823. The van der Waals surface area contributed by atoms with Crippen molar-refractivity contribution < 1.29 is 80.2 Å². The van der Waals surface area contributed by atoms with Crippen LogP contribution in [-0.2, 0) is 65.4 Å². The number of aliphatic hydroxyl groups excluding tert-OH is 1. The summed E-state index contributed by atoms with van der Waals surface area (Å²) >= 11 is 0. The molecule has 17 nitrogen and oxygen atoms in total. The van der Waals surface area contributed by atoms with E-state index in [0.29, 0.717) is 25.7 Å². The Labute approximate surface area is 597 Å². The zero-order valence-corrected chi connectivity index (χ0v) is 64.3. The standard InChI is InChI=1S/C79H144O17P2/c1-5-9-13-17-21-25-29-33-36-40-43-47-51-55-59-63-76(81)89-69-74(95-78(83)65-61-57-53-49-45-39-32-28-24-20-16-12-8-4)71-93-97(85,86)91-67-73(80)68-92-98(87,88)94-72-75(96-79(84)66-62-58-54-50-46-42-38-35-31-27-23-19-15-11-7-3)70-90-77(82)64-60-56-52-48-44-41-37-34-30-26-22-18-14-10-6-2/h25-26,29-30,33-38,73-75,80H,5-24,27-28,31-32,39-72H2,1-4H3,(H,85,86)(H,87,88)/b29-25-,30-26-,36-33-,37-34-,38-35-/t73-,74-,75-/m1/s1. The fourth-order valence-corrected chi connectivity index (χ4v) is 12.5. The van der Waals surface area contributed by atoms with Gasteiger partial charge in [0.1, 0.15) is 19.3 Å². The van der Waals surface area contributed by atoms with Crippen LogP contribution in [0.25, 0.3) is 0 Å². The number of phosphoric ester groups is 2. The van der Waals surface area contributed by atoms with Crippen LogP contribution in [-0.4, -0.2) is 96.7 Å². The highest BCUT2D eigenvalue weighted by atomic mass is 31.2. The molecule has 0 spiro atoms. The second-order valence-electron chi connectivity index (χ2n) is 26.7. The number of rotatable bonds is 75. The Morgan fingerprint density at radius 1 is 0.286 bits per heavy atom. The van der Waals surface area contributed by atoms with Crippen LogP contribution in [0.15, 0.2) is 60.8 Å². The minimum Gasteiger partial charge on any atom is -0.462 e. The normalized spacial score (nSPS) is 14.2. The lowest BCUT2D eigenvalue weighted by Crippen LogP contribution is -2.30. The summed E-state index contributed by atoms with van der Waals surface area (Å²) < 4.78 is 68.5. The highest BCUT2D eigenvalue weighted by molar-refractivity contribution is 7.47. The highest BCUT2D eigenvalue weighted by Crippen LogP contribution is 2.45. The Bertz CT molecular complexity index is 2100. The van der Waals surface area contributed by atoms with Crippen molar-refractivity contribution in [1.29, 1.82) is 0 Å². The summed E-state index contributed by atoms with van der Waals surface area (Å²) in [7, 11) is -9.94. The highest BCUT2D eigenvalue weighted by Gasteiger charge is 2.30. The Morgan fingerprint density at radius 2 is 0.500 bits per heavy atom. The van der Waals surface area contributed by atoms with Crippen LogP contribution in [0.5, 0.6) is 0 Å². The molecule has 572 valence electrons. The summed E-state index contributed by atoms with van der Waals surface area (Å²) in [6.45, 7) is 4.85. The van der Waals surface area contributed by atoms with Gasteiger partial charge in [0.05, 0.1) is 26.4 Å². The van der Waals surface area contributed by atoms with Gasteiger partial charge in [0, 0.05) is 25.7 Å². The van der Waals surface area contributed by atoms with Gasteiger partial charge in [0.15, 0.2) is 12.2 Å². The molecule has 0 amide bonds. The van der Waals surface area contributed by atoms with Gasteiger partial charge >= 0.3 is 39.5 Å². The number of hydrogen-bond donors (Lipinski definition) is 3. The number of hydrogen-bond acceptors (Lipinski definition) is 15. The minimum absolute atomic E-state index is 0.0854. The molecule has 0 aliphatic heterocycles. The lowest BCUT2D eigenvalue weighted by Gasteiger charge is -2.21. The van der Waals surface area contributed by atoms with Gasteiger partial charge in [-0.15, -0.1) is 0 Å². The third-order valence-electron chi connectivity index (χ3n) is 17.0. The molecule has 0 aromatic heterocycles. The van der Waals surface area contributed by atoms with Crippen LogP contribution in [0.1, 0.15) is 362 Å².